The molecule has 0 aromatic heterocycles. The zero-order valence-electron chi connectivity index (χ0n) is 14.9. The van der Waals surface area contributed by atoms with Crippen LogP contribution in [-0.4, -0.2) is 54.1 Å². The highest BCUT2D eigenvalue weighted by atomic mass is 16.6. The topological polar surface area (TPSA) is 87.7 Å². The van der Waals surface area contributed by atoms with Crippen molar-refractivity contribution < 1.29 is 19.1 Å². The molecule has 1 aliphatic carbocycles. The number of rotatable bonds is 5. The monoisotopic (exact) mass is 339 g/mol. The number of nitrogens with one attached hydrogen (secondary N) is 2. The number of carbonyl (C=O) groups is 3. The molecule has 2 rings (SSSR count). The van der Waals surface area contributed by atoms with Gasteiger partial charge in [0.2, 0.25) is 11.8 Å². The van der Waals surface area contributed by atoms with Gasteiger partial charge in [0.15, 0.2) is 0 Å². The first-order chi connectivity index (χ1) is 11.3. The lowest BCUT2D eigenvalue weighted by Crippen LogP contribution is -2.40. The van der Waals surface area contributed by atoms with Crippen molar-refractivity contribution in [2.45, 2.75) is 64.5 Å². The van der Waals surface area contributed by atoms with Crippen LogP contribution in [0.5, 0.6) is 0 Å². The number of amides is 3. The van der Waals surface area contributed by atoms with Crippen molar-refractivity contribution in [2.75, 3.05) is 19.6 Å². The molecule has 0 bridgehead atoms. The summed E-state index contributed by atoms with van der Waals surface area (Å²) in [5.41, 5.74) is -0.540. The van der Waals surface area contributed by atoms with Crippen LogP contribution in [0.4, 0.5) is 4.79 Å². The summed E-state index contributed by atoms with van der Waals surface area (Å²) in [6.45, 7) is 6.53. The highest BCUT2D eigenvalue weighted by Crippen LogP contribution is 2.29. The smallest absolute Gasteiger partial charge is 0.407 e. The van der Waals surface area contributed by atoms with Crippen LogP contribution in [0.15, 0.2) is 0 Å². The largest absolute Gasteiger partial charge is 0.444 e. The van der Waals surface area contributed by atoms with Gasteiger partial charge < -0.3 is 20.3 Å². The molecule has 1 saturated heterocycles. The minimum atomic E-state index is -0.540. The lowest BCUT2D eigenvalue weighted by atomic mass is 10.1. The van der Waals surface area contributed by atoms with E-state index in [0.29, 0.717) is 32.1 Å². The van der Waals surface area contributed by atoms with Crippen LogP contribution in [0, 0.1) is 5.92 Å². The molecule has 0 radical (unpaired) electrons. The molecule has 0 unspecified atom stereocenters. The van der Waals surface area contributed by atoms with Gasteiger partial charge in [0.1, 0.15) is 5.60 Å². The van der Waals surface area contributed by atoms with Gasteiger partial charge in [-0.15, -0.1) is 0 Å². The summed E-state index contributed by atoms with van der Waals surface area (Å²) >= 11 is 0. The summed E-state index contributed by atoms with van der Waals surface area (Å²) in [6, 6.07) is 0.323. The Kier molecular flexibility index (Phi) is 6.07. The molecule has 1 atom stereocenters. The molecule has 3 amide bonds. The normalized spacial score (nSPS) is 21.9. The fraction of sp³-hybridized carbons (Fsp3) is 0.824. The maximum atomic E-state index is 12.2. The van der Waals surface area contributed by atoms with Crippen LogP contribution in [0.25, 0.3) is 0 Å². The fourth-order valence-corrected chi connectivity index (χ4v) is 3.28. The summed E-state index contributed by atoms with van der Waals surface area (Å²) in [6.07, 6.45) is 4.24. The average molecular weight is 339 g/mol. The number of alkyl carbamates (subject to hydrolysis) is 1. The van der Waals surface area contributed by atoms with Crippen molar-refractivity contribution in [2.24, 2.45) is 5.92 Å². The highest BCUT2D eigenvalue weighted by Gasteiger charge is 2.38. The van der Waals surface area contributed by atoms with Gasteiger partial charge in [-0.05, 0) is 33.6 Å². The lowest BCUT2D eigenvalue weighted by molar-refractivity contribution is -0.130. The van der Waals surface area contributed by atoms with E-state index in [0.717, 1.165) is 12.8 Å². The number of hydrogen-bond donors (Lipinski definition) is 2. The van der Waals surface area contributed by atoms with E-state index in [-0.39, 0.29) is 17.7 Å². The molecule has 2 aliphatic rings. The van der Waals surface area contributed by atoms with E-state index in [1.165, 1.54) is 12.8 Å². The van der Waals surface area contributed by atoms with E-state index in [9.17, 15) is 14.4 Å². The first kappa shape index (κ1) is 18.5. The van der Waals surface area contributed by atoms with E-state index in [4.69, 9.17) is 4.74 Å². The minimum Gasteiger partial charge on any atom is -0.444 e. The fourth-order valence-electron chi connectivity index (χ4n) is 3.28. The molecule has 136 valence electrons. The summed E-state index contributed by atoms with van der Waals surface area (Å²) in [5, 5.41) is 5.38. The van der Waals surface area contributed by atoms with Crippen molar-refractivity contribution in [1.29, 1.82) is 0 Å². The number of likely N-dealkylation sites (tertiary alicyclic amines) is 1. The zero-order chi connectivity index (χ0) is 17.7. The van der Waals surface area contributed by atoms with Crippen LogP contribution in [0.2, 0.25) is 0 Å². The molecule has 0 aromatic carbocycles. The maximum Gasteiger partial charge on any atom is 0.407 e. The molecule has 24 heavy (non-hydrogen) atoms. The SMILES string of the molecule is CC(C)(C)OC(=O)NCCNC(=O)[C@H]1CC(=O)N(C2CCCC2)C1. The third kappa shape index (κ3) is 5.39. The standard InChI is InChI=1S/C17H29N3O4/c1-17(2,3)24-16(23)19-9-8-18-15(22)12-10-14(21)20(11-12)13-6-4-5-7-13/h12-13H,4-11H2,1-3H3,(H,18,22)(H,19,23)/t12-/m0/s1. The van der Waals surface area contributed by atoms with Gasteiger partial charge in [0.25, 0.3) is 0 Å². The Balaban J connectivity index is 1.66. The molecular formula is C17H29N3O4. The molecule has 1 aliphatic heterocycles. The maximum absolute atomic E-state index is 12.2. The molecule has 7 nitrogen and oxygen atoms in total. The van der Waals surface area contributed by atoms with Crippen LogP contribution >= 0.6 is 0 Å². The Morgan fingerprint density at radius 2 is 1.79 bits per heavy atom. The highest BCUT2D eigenvalue weighted by molar-refractivity contribution is 5.89. The molecule has 0 spiro atoms. The van der Waals surface area contributed by atoms with Crippen molar-refractivity contribution in [3.05, 3.63) is 0 Å². The van der Waals surface area contributed by atoms with E-state index in [1.54, 1.807) is 20.8 Å². The summed E-state index contributed by atoms with van der Waals surface area (Å²) in [7, 11) is 0. The number of nitrogens with zero attached hydrogens (tertiary/aromatic N) is 1. The van der Waals surface area contributed by atoms with Gasteiger partial charge in [0, 0.05) is 32.1 Å². The van der Waals surface area contributed by atoms with Gasteiger partial charge in [-0.2, -0.15) is 0 Å². The van der Waals surface area contributed by atoms with Crippen LogP contribution < -0.4 is 10.6 Å². The molecule has 1 heterocycles. The van der Waals surface area contributed by atoms with Crippen molar-refractivity contribution in [1.82, 2.24) is 15.5 Å². The number of hydrogen-bond acceptors (Lipinski definition) is 4. The Morgan fingerprint density at radius 3 is 2.42 bits per heavy atom. The Hall–Kier alpha value is -1.79. The average Bonchev–Trinajstić information content (AvgIpc) is 3.10. The van der Waals surface area contributed by atoms with Gasteiger partial charge in [-0.25, -0.2) is 4.79 Å². The second-order valence-electron chi connectivity index (χ2n) is 7.61. The van der Waals surface area contributed by atoms with Gasteiger partial charge in [-0.1, -0.05) is 12.8 Å². The van der Waals surface area contributed by atoms with E-state index >= 15 is 0 Å². The molecular weight excluding hydrogens is 310 g/mol. The molecule has 2 fully saturated rings. The van der Waals surface area contributed by atoms with E-state index < -0.39 is 11.7 Å². The zero-order valence-corrected chi connectivity index (χ0v) is 14.9. The minimum absolute atomic E-state index is 0.0916. The lowest BCUT2D eigenvalue weighted by Gasteiger charge is -2.23. The molecule has 1 saturated carbocycles. The number of carbonyl (C=O) groups excluding carboxylic acids is 3. The van der Waals surface area contributed by atoms with E-state index in [1.807, 2.05) is 4.90 Å². The van der Waals surface area contributed by atoms with Gasteiger partial charge in [0.05, 0.1) is 5.92 Å². The third-order valence-corrected chi connectivity index (χ3v) is 4.39. The molecule has 2 N–H and O–H groups in total. The van der Waals surface area contributed by atoms with E-state index in [2.05, 4.69) is 10.6 Å². The van der Waals surface area contributed by atoms with Crippen LogP contribution in [0.1, 0.15) is 52.9 Å². The van der Waals surface area contributed by atoms with Crippen molar-refractivity contribution in [3.8, 4) is 0 Å². The Labute approximate surface area is 143 Å². The second kappa shape index (κ2) is 7.85. The molecule has 0 aromatic rings. The summed E-state index contributed by atoms with van der Waals surface area (Å²) in [4.78, 5) is 37.7. The van der Waals surface area contributed by atoms with Gasteiger partial charge in [-0.3, -0.25) is 9.59 Å². The summed E-state index contributed by atoms with van der Waals surface area (Å²) in [5.74, 6) is -0.302. The first-order valence-corrected chi connectivity index (χ1v) is 8.80. The molecule has 7 heteroatoms. The van der Waals surface area contributed by atoms with Crippen molar-refractivity contribution >= 4 is 17.9 Å². The Bertz CT molecular complexity index is 481. The quantitative estimate of drug-likeness (QED) is 0.742. The van der Waals surface area contributed by atoms with Crippen LogP contribution in [0.3, 0.4) is 0 Å². The van der Waals surface area contributed by atoms with Crippen molar-refractivity contribution in [3.63, 3.8) is 0 Å². The summed E-state index contributed by atoms with van der Waals surface area (Å²) < 4.78 is 5.12. The van der Waals surface area contributed by atoms with Crippen LogP contribution in [-0.2, 0) is 14.3 Å². The number of ether oxygens (including phenoxy) is 1. The van der Waals surface area contributed by atoms with Gasteiger partial charge >= 0.3 is 6.09 Å². The second-order valence-corrected chi connectivity index (χ2v) is 7.61. The third-order valence-electron chi connectivity index (χ3n) is 4.39. The predicted octanol–water partition coefficient (Wildman–Crippen LogP) is 1.42. The predicted molar refractivity (Wildman–Crippen MR) is 89.3 cm³/mol. The Morgan fingerprint density at radius 1 is 1.17 bits per heavy atom. The first-order valence-electron chi connectivity index (χ1n) is 8.80.